The van der Waals surface area contributed by atoms with Crippen LogP contribution in [0.2, 0.25) is 0 Å². The van der Waals surface area contributed by atoms with E-state index in [9.17, 15) is 4.79 Å². The van der Waals surface area contributed by atoms with Gasteiger partial charge in [-0.15, -0.1) is 0 Å². The summed E-state index contributed by atoms with van der Waals surface area (Å²) in [5.41, 5.74) is 2.84. The molecular formula is C25H29FN6O3. The summed E-state index contributed by atoms with van der Waals surface area (Å²) in [4.78, 5) is 24.4. The topological polar surface area (TPSA) is 96.6 Å². The van der Waals surface area contributed by atoms with Crippen molar-refractivity contribution in [1.29, 1.82) is 0 Å². The van der Waals surface area contributed by atoms with Crippen LogP contribution in [-0.4, -0.2) is 86.8 Å². The third kappa shape index (κ3) is 4.04. The van der Waals surface area contributed by atoms with Crippen molar-refractivity contribution in [3.63, 3.8) is 0 Å². The van der Waals surface area contributed by atoms with E-state index in [4.69, 9.17) is 9.84 Å². The molecule has 5 heterocycles. The number of benzene rings is 1. The van der Waals surface area contributed by atoms with Gasteiger partial charge in [-0.25, -0.2) is 19.0 Å². The fraction of sp³-hybridized carbons (Fsp3) is 0.520. The number of aliphatic carboxylic acids is 1. The first-order valence-corrected chi connectivity index (χ1v) is 12.2. The number of morpholine rings is 1. The monoisotopic (exact) mass is 480 g/mol. The van der Waals surface area contributed by atoms with Crippen molar-refractivity contribution in [3.05, 3.63) is 41.3 Å². The number of hydrogen-bond acceptors (Lipinski definition) is 7. The van der Waals surface area contributed by atoms with Gasteiger partial charge < -0.3 is 14.7 Å². The number of hydrogen-bond donors (Lipinski definition) is 1. The van der Waals surface area contributed by atoms with Crippen LogP contribution >= 0.6 is 0 Å². The highest BCUT2D eigenvalue weighted by atomic mass is 19.1. The second-order valence-electron chi connectivity index (χ2n) is 9.99. The van der Waals surface area contributed by atoms with Crippen LogP contribution in [0.25, 0.3) is 16.7 Å². The van der Waals surface area contributed by atoms with E-state index in [1.54, 1.807) is 4.90 Å². The zero-order valence-corrected chi connectivity index (χ0v) is 19.9. The van der Waals surface area contributed by atoms with Crippen LogP contribution in [0.1, 0.15) is 35.7 Å². The SMILES string of the molecule is Cc1nc(N2C[C@H]3C[C@@H]2CO3)cc(-n2ncc3cc(C)c(C4CCN(CC(=O)O)CC4F)cc32)n1. The maximum atomic E-state index is 15.2. The third-order valence-corrected chi connectivity index (χ3v) is 7.56. The lowest BCUT2D eigenvalue weighted by Gasteiger charge is -2.34. The van der Waals surface area contributed by atoms with E-state index in [-0.39, 0.29) is 25.1 Å². The number of ether oxygens (including phenoxy) is 1. The molecule has 35 heavy (non-hydrogen) atoms. The van der Waals surface area contributed by atoms with Crippen LogP contribution in [-0.2, 0) is 9.53 Å². The first-order valence-electron chi connectivity index (χ1n) is 12.2. The van der Waals surface area contributed by atoms with Gasteiger partial charge in [-0.2, -0.15) is 5.10 Å². The number of fused-ring (bicyclic) bond motifs is 3. The van der Waals surface area contributed by atoms with Crippen molar-refractivity contribution in [2.24, 2.45) is 0 Å². The number of rotatable bonds is 5. The molecule has 184 valence electrons. The number of halogens is 1. The fourth-order valence-electron chi connectivity index (χ4n) is 5.91. The van der Waals surface area contributed by atoms with Gasteiger partial charge in [0.25, 0.3) is 0 Å². The summed E-state index contributed by atoms with van der Waals surface area (Å²) in [7, 11) is 0. The predicted octanol–water partition coefficient (Wildman–Crippen LogP) is 2.62. The van der Waals surface area contributed by atoms with Gasteiger partial charge in [0.05, 0.1) is 37.0 Å². The fourth-order valence-corrected chi connectivity index (χ4v) is 5.91. The third-order valence-electron chi connectivity index (χ3n) is 7.56. The summed E-state index contributed by atoms with van der Waals surface area (Å²) < 4.78 is 22.8. The second-order valence-corrected chi connectivity index (χ2v) is 9.99. The van der Waals surface area contributed by atoms with E-state index in [0.29, 0.717) is 30.6 Å². The molecule has 2 bridgehead atoms. The molecule has 6 rings (SSSR count). The Kier molecular flexibility index (Phi) is 5.45. The van der Waals surface area contributed by atoms with Gasteiger partial charge in [-0.3, -0.25) is 9.69 Å². The number of carboxylic acids is 1. The molecule has 2 aromatic heterocycles. The molecule has 0 aliphatic carbocycles. The number of piperidine rings is 1. The number of likely N-dealkylation sites (tertiary alicyclic amines) is 1. The average molecular weight is 481 g/mol. The largest absolute Gasteiger partial charge is 0.480 e. The molecule has 9 nitrogen and oxygen atoms in total. The van der Waals surface area contributed by atoms with Gasteiger partial charge in [-0.05, 0) is 56.5 Å². The Morgan fingerprint density at radius 3 is 2.74 bits per heavy atom. The van der Waals surface area contributed by atoms with Crippen LogP contribution in [0.15, 0.2) is 24.4 Å². The number of carbonyl (C=O) groups is 1. The minimum Gasteiger partial charge on any atom is -0.480 e. The molecule has 3 aliphatic heterocycles. The van der Waals surface area contributed by atoms with Crippen LogP contribution in [0.3, 0.4) is 0 Å². The Balaban J connectivity index is 1.34. The van der Waals surface area contributed by atoms with Crippen LogP contribution < -0.4 is 4.90 Å². The molecule has 10 heteroatoms. The van der Waals surface area contributed by atoms with Crippen molar-refractivity contribution in [2.45, 2.75) is 50.9 Å². The quantitative estimate of drug-likeness (QED) is 0.595. The Labute approximate surface area is 202 Å². The van der Waals surface area contributed by atoms with E-state index in [0.717, 1.165) is 47.4 Å². The van der Waals surface area contributed by atoms with E-state index in [2.05, 4.69) is 26.0 Å². The molecule has 1 N–H and O–H groups in total. The summed E-state index contributed by atoms with van der Waals surface area (Å²) in [6, 6.07) is 6.40. The van der Waals surface area contributed by atoms with Crippen molar-refractivity contribution in [3.8, 4) is 5.82 Å². The molecule has 0 saturated carbocycles. The lowest BCUT2D eigenvalue weighted by molar-refractivity contribution is -0.138. The van der Waals surface area contributed by atoms with E-state index >= 15 is 4.39 Å². The Hall–Kier alpha value is -3.11. The molecule has 3 fully saturated rings. The zero-order valence-electron chi connectivity index (χ0n) is 19.9. The summed E-state index contributed by atoms with van der Waals surface area (Å²) >= 11 is 0. The van der Waals surface area contributed by atoms with E-state index in [1.165, 1.54) is 0 Å². The Bertz CT molecular complexity index is 1300. The number of carboxylic acid groups (broad SMARTS) is 1. The lowest BCUT2D eigenvalue weighted by atomic mass is 9.85. The minimum atomic E-state index is -1.13. The molecule has 2 unspecified atom stereocenters. The Morgan fingerprint density at radius 1 is 1.20 bits per heavy atom. The molecule has 3 aromatic rings. The number of aromatic nitrogens is 4. The van der Waals surface area contributed by atoms with Crippen LogP contribution in [0.5, 0.6) is 0 Å². The second kappa shape index (κ2) is 8.53. The summed E-state index contributed by atoms with van der Waals surface area (Å²) in [5.74, 6) is 1.04. The van der Waals surface area contributed by atoms with Crippen molar-refractivity contribution >= 4 is 22.7 Å². The summed E-state index contributed by atoms with van der Waals surface area (Å²) in [5, 5.41) is 14.7. The van der Waals surface area contributed by atoms with Gasteiger partial charge in [0.2, 0.25) is 0 Å². The number of anilines is 1. The highest BCUT2D eigenvalue weighted by Crippen LogP contribution is 2.36. The number of nitrogens with zero attached hydrogens (tertiary/aromatic N) is 6. The highest BCUT2D eigenvalue weighted by Gasteiger charge is 2.40. The smallest absolute Gasteiger partial charge is 0.317 e. The maximum Gasteiger partial charge on any atom is 0.317 e. The van der Waals surface area contributed by atoms with Gasteiger partial charge in [0.15, 0.2) is 5.82 Å². The standard InChI is InChI=1S/C25H29FN6O3/c1-14-5-16-9-27-32(22(16)7-20(14)19-3-4-30(11-21(19)26)12-25(33)34)24-8-23(28-15(2)29-24)31-10-18-6-17(31)13-35-18/h5,7-9,17-19,21H,3-4,6,10-13H2,1-2H3,(H,33,34)/t17-,18-,19?,21?/m1/s1. The minimum absolute atomic E-state index is 0.127. The van der Waals surface area contributed by atoms with E-state index < -0.39 is 12.1 Å². The highest BCUT2D eigenvalue weighted by molar-refractivity contribution is 5.82. The van der Waals surface area contributed by atoms with Gasteiger partial charge in [0, 0.05) is 30.5 Å². The molecule has 0 spiro atoms. The van der Waals surface area contributed by atoms with Gasteiger partial charge in [-0.1, -0.05) is 0 Å². The van der Waals surface area contributed by atoms with Crippen molar-refractivity contribution in [2.75, 3.05) is 37.7 Å². The molecule has 0 radical (unpaired) electrons. The molecule has 3 saturated heterocycles. The lowest BCUT2D eigenvalue weighted by Crippen LogP contribution is -2.43. The van der Waals surface area contributed by atoms with Crippen LogP contribution in [0.4, 0.5) is 10.2 Å². The van der Waals surface area contributed by atoms with E-state index in [1.807, 2.05) is 36.9 Å². The predicted molar refractivity (Wildman–Crippen MR) is 128 cm³/mol. The normalized spacial score (nSPS) is 26.7. The maximum absolute atomic E-state index is 15.2. The molecule has 0 amide bonds. The average Bonchev–Trinajstić information content (AvgIpc) is 3.54. The first-order chi connectivity index (χ1) is 16.9. The molecular weight excluding hydrogens is 451 g/mol. The Morgan fingerprint density at radius 2 is 2.03 bits per heavy atom. The number of aryl methyl sites for hydroxylation is 2. The van der Waals surface area contributed by atoms with Crippen molar-refractivity contribution < 1.29 is 19.0 Å². The van der Waals surface area contributed by atoms with Crippen LogP contribution in [0, 0.1) is 13.8 Å². The molecule has 1 aromatic carbocycles. The zero-order chi connectivity index (χ0) is 24.3. The number of alkyl halides is 1. The molecule has 3 aliphatic rings. The summed E-state index contributed by atoms with van der Waals surface area (Å²) in [6.07, 6.45) is 2.56. The van der Waals surface area contributed by atoms with Gasteiger partial charge in [0.1, 0.15) is 17.8 Å². The summed E-state index contributed by atoms with van der Waals surface area (Å²) in [6.45, 7) is 6.01. The van der Waals surface area contributed by atoms with Gasteiger partial charge >= 0.3 is 5.97 Å². The first kappa shape index (κ1) is 22.4. The molecule has 4 atom stereocenters. The van der Waals surface area contributed by atoms with Crippen molar-refractivity contribution in [1.82, 2.24) is 24.6 Å².